The molecule has 0 saturated heterocycles. The maximum Gasteiger partial charge on any atom is 0.310 e. The Labute approximate surface area is 144 Å². The van der Waals surface area contributed by atoms with Gasteiger partial charge in [0.15, 0.2) is 0 Å². The third-order valence-corrected chi connectivity index (χ3v) is 4.06. The van der Waals surface area contributed by atoms with Crippen LogP contribution >= 0.6 is 0 Å². The van der Waals surface area contributed by atoms with Gasteiger partial charge in [0.05, 0.1) is 6.42 Å². The molecule has 3 heteroatoms. The van der Waals surface area contributed by atoms with Crippen molar-refractivity contribution in [1.82, 2.24) is 0 Å². The van der Waals surface area contributed by atoms with Crippen molar-refractivity contribution in [2.75, 3.05) is 6.61 Å². The minimum absolute atomic E-state index is 0.229. The quantitative estimate of drug-likeness (QED) is 0.657. The molecule has 0 spiro atoms. The van der Waals surface area contributed by atoms with Crippen LogP contribution in [-0.4, -0.2) is 18.7 Å². The monoisotopic (exact) mass is 326 g/mol. The zero-order chi connectivity index (χ0) is 17.4. The van der Waals surface area contributed by atoms with Crippen molar-refractivity contribution in [2.24, 2.45) is 0 Å². The number of carbonyl (C=O) groups excluding carboxylic acids is 1. The zero-order valence-electron chi connectivity index (χ0n) is 14.7. The van der Waals surface area contributed by atoms with E-state index in [4.69, 9.17) is 9.47 Å². The largest absolute Gasteiger partial charge is 0.489 e. The predicted octanol–water partition coefficient (Wildman–Crippen LogP) is 4.75. The Morgan fingerprint density at radius 3 is 2.38 bits per heavy atom. The number of rotatable bonds is 8. The highest BCUT2D eigenvalue weighted by molar-refractivity contribution is 5.72. The van der Waals surface area contributed by atoms with Crippen molar-refractivity contribution in [3.05, 3.63) is 65.7 Å². The highest BCUT2D eigenvalue weighted by Crippen LogP contribution is 2.28. The van der Waals surface area contributed by atoms with Gasteiger partial charge < -0.3 is 9.47 Å². The molecule has 0 unspecified atom stereocenters. The van der Waals surface area contributed by atoms with Crippen molar-refractivity contribution >= 4 is 5.97 Å². The lowest BCUT2D eigenvalue weighted by molar-refractivity contribution is -0.148. The molecule has 0 amide bonds. The topological polar surface area (TPSA) is 35.5 Å². The lowest BCUT2D eigenvalue weighted by Crippen LogP contribution is -2.23. The summed E-state index contributed by atoms with van der Waals surface area (Å²) in [5.41, 5.74) is 2.15. The van der Waals surface area contributed by atoms with E-state index in [1.54, 1.807) is 0 Å². The van der Waals surface area contributed by atoms with Crippen LogP contribution in [0, 0.1) is 0 Å². The average molecular weight is 326 g/mol. The van der Waals surface area contributed by atoms with Crippen molar-refractivity contribution in [3.8, 4) is 5.75 Å². The summed E-state index contributed by atoms with van der Waals surface area (Å²) in [5.74, 6) is 1.09. The van der Waals surface area contributed by atoms with E-state index in [1.165, 1.54) is 5.56 Å². The van der Waals surface area contributed by atoms with Crippen LogP contribution in [0.2, 0.25) is 0 Å². The van der Waals surface area contributed by atoms with Crippen LogP contribution < -0.4 is 4.74 Å². The SMILES string of the molecule is CC[C@@H](C)c1ccccc1OC[C@H](C)OC(=O)Cc1ccccc1. The second-order valence-corrected chi connectivity index (χ2v) is 6.12. The van der Waals surface area contributed by atoms with E-state index in [0.717, 1.165) is 17.7 Å². The lowest BCUT2D eigenvalue weighted by atomic mass is 9.98. The fourth-order valence-electron chi connectivity index (χ4n) is 2.51. The molecule has 0 aliphatic heterocycles. The highest BCUT2D eigenvalue weighted by Gasteiger charge is 2.14. The van der Waals surface area contributed by atoms with Crippen LogP contribution in [0.5, 0.6) is 5.75 Å². The van der Waals surface area contributed by atoms with Gasteiger partial charge in [-0.25, -0.2) is 0 Å². The van der Waals surface area contributed by atoms with E-state index in [2.05, 4.69) is 19.9 Å². The molecule has 2 aromatic carbocycles. The molecule has 2 rings (SSSR count). The Kier molecular flexibility index (Phi) is 6.86. The number of hydrogen-bond donors (Lipinski definition) is 0. The molecule has 0 bridgehead atoms. The molecule has 128 valence electrons. The fourth-order valence-corrected chi connectivity index (χ4v) is 2.51. The second-order valence-electron chi connectivity index (χ2n) is 6.12. The smallest absolute Gasteiger partial charge is 0.310 e. The van der Waals surface area contributed by atoms with Crippen LogP contribution in [0.1, 0.15) is 44.2 Å². The first-order valence-corrected chi connectivity index (χ1v) is 8.55. The standard InChI is InChI=1S/C21H26O3/c1-4-16(2)19-12-8-9-13-20(19)23-15-17(3)24-21(22)14-18-10-6-5-7-11-18/h5-13,16-17H,4,14-15H2,1-3H3/t16-,17+/m1/s1. The average Bonchev–Trinajstić information content (AvgIpc) is 2.60. The summed E-state index contributed by atoms with van der Waals surface area (Å²) in [7, 11) is 0. The Bertz CT molecular complexity index is 637. The van der Waals surface area contributed by atoms with E-state index < -0.39 is 0 Å². The third-order valence-electron chi connectivity index (χ3n) is 4.06. The number of benzene rings is 2. The first kappa shape index (κ1) is 18.1. The molecular formula is C21H26O3. The van der Waals surface area contributed by atoms with Crippen LogP contribution in [-0.2, 0) is 16.0 Å². The molecule has 0 N–H and O–H groups in total. The molecule has 3 nitrogen and oxygen atoms in total. The summed E-state index contributed by atoms with van der Waals surface area (Å²) in [6.07, 6.45) is 1.06. The zero-order valence-corrected chi connectivity index (χ0v) is 14.7. The normalized spacial score (nSPS) is 13.1. The van der Waals surface area contributed by atoms with E-state index in [-0.39, 0.29) is 18.5 Å². The van der Waals surface area contributed by atoms with Gasteiger partial charge >= 0.3 is 5.97 Å². The molecule has 0 aromatic heterocycles. The number of hydrogen-bond acceptors (Lipinski definition) is 3. The van der Waals surface area contributed by atoms with E-state index in [9.17, 15) is 4.79 Å². The maximum absolute atomic E-state index is 12.0. The van der Waals surface area contributed by atoms with E-state index in [0.29, 0.717) is 12.5 Å². The van der Waals surface area contributed by atoms with Gasteiger partial charge in [-0.3, -0.25) is 4.79 Å². The van der Waals surface area contributed by atoms with Gasteiger partial charge in [0.1, 0.15) is 18.5 Å². The maximum atomic E-state index is 12.0. The minimum Gasteiger partial charge on any atom is -0.489 e. The molecule has 2 atom stereocenters. The van der Waals surface area contributed by atoms with E-state index in [1.807, 2.05) is 55.5 Å². The summed E-state index contributed by atoms with van der Waals surface area (Å²) in [6.45, 7) is 6.56. The Morgan fingerprint density at radius 2 is 1.67 bits per heavy atom. The second kappa shape index (κ2) is 9.11. The molecular weight excluding hydrogens is 300 g/mol. The molecule has 2 aromatic rings. The number of carbonyl (C=O) groups is 1. The van der Waals surface area contributed by atoms with Gasteiger partial charge in [0, 0.05) is 0 Å². The minimum atomic E-state index is -0.286. The van der Waals surface area contributed by atoms with Crippen molar-refractivity contribution in [3.63, 3.8) is 0 Å². The summed E-state index contributed by atoms with van der Waals surface area (Å²) in [5, 5.41) is 0. The molecule has 0 radical (unpaired) electrons. The lowest BCUT2D eigenvalue weighted by Gasteiger charge is -2.18. The molecule has 0 aliphatic rings. The van der Waals surface area contributed by atoms with Crippen LogP contribution in [0.4, 0.5) is 0 Å². The van der Waals surface area contributed by atoms with Crippen LogP contribution in [0.15, 0.2) is 54.6 Å². The number of esters is 1. The van der Waals surface area contributed by atoms with Crippen LogP contribution in [0.25, 0.3) is 0 Å². The fraction of sp³-hybridized carbons (Fsp3) is 0.381. The Hall–Kier alpha value is -2.29. The third kappa shape index (κ3) is 5.41. The molecule has 0 heterocycles. The van der Waals surface area contributed by atoms with Gasteiger partial charge in [-0.1, -0.05) is 62.4 Å². The summed E-state index contributed by atoms with van der Waals surface area (Å²) in [4.78, 5) is 12.0. The van der Waals surface area contributed by atoms with Crippen LogP contribution in [0.3, 0.4) is 0 Å². The molecule has 0 saturated carbocycles. The van der Waals surface area contributed by atoms with Gasteiger partial charge in [-0.05, 0) is 36.5 Å². The number of para-hydroxylation sites is 1. The summed E-state index contributed by atoms with van der Waals surface area (Å²) >= 11 is 0. The van der Waals surface area contributed by atoms with E-state index >= 15 is 0 Å². The molecule has 0 fully saturated rings. The number of ether oxygens (including phenoxy) is 2. The van der Waals surface area contributed by atoms with Gasteiger partial charge in [0.25, 0.3) is 0 Å². The van der Waals surface area contributed by atoms with Crippen molar-refractivity contribution in [1.29, 1.82) is 0 Å². The predicted molar refractivity (Wildman–Crippen MR) is 96.3 cm³/mol. The van der Waals surface area contributed by atoms with Gasteiger partial charge in [0.2, 0.25) is 0 Å². The Balaban J connectivity index is 1.85. The van der Waals surface area contributed by atoms with Gasteiger partial charge in [-0.15, -0.1) is 0 Å². The van der Waals surface area contributed by atoms with Gasteiger partial charge in [-0.2, -0.15) is 0 Å². The first-order valence-electron chi connectivity index (χ1n) is 8.55. The van der Waals surface area contributed by atoms with Crippen molar-refractivity contribution in [2.45, 2.75) is 45.6 Å². The highest BCUT2D eigenvalue weighted by atomic mass is 16.6. The summed E-state index contributed by atoms with van der Waals surface area (Å²) < 4.78 is 11.3. The molecule has 24 heavy (non-hydrogen) atoms. The Morgan fingerprint density at radius 1 is 1.00 bits per heavy atom. The van der Waals surface area contributed by atoms with Crippen molar-refractivity contribution < 1.29 is 14.3 Å². The molecule has 0 aliphatic carbocycles. The first-order chi connectivity index (χ1) is 11.6. The summed E-state index contributed by atoms with van der Waals surface area (Å²) in [6, 6.07) is 17.7.